The zero-order valence-electron chi connectivity index (χ0n) is 12.7. The molecule has 0 unspecified atom stereocenters. The van der Waals surface area contributed by atoms with Gasteiger partial charge in [-0.3, -0.25) is 0 Å². The number of aromatic nitrogens is 3. The van der Waals surface area contributed by atoms with E-state index in [9.17, 15) is 8.78 Å². The van der Waals surface area contributed by atoms with Crippen LogP contribution in [0.4, 0.5) is 8.78 Å². The molecule has 122 valence electrons. The quantitative estimate of drug-likeness (QED) is 0.491. The molecule has 6 heteroatoms. The van der Waals surface area contributed by atoms with Crippen molar-refractivity contribution in [2.75, 3.05) is 0 Å². The maximum absolute atomic E-state index is 13.4. The third kappa shape index (κ3) is 2.94. The van der Waals surface area contributed by atoms with Gasteiger partial charge in [-0.15, -0.1) is 0 Å². The molecule has 0 N–H and O–H groups in total. The van der Waals surface area contributed by atoms with Crippen molar-refractivity contribution in [2.45, 2.75) is 0 Å². The van der Waals surface area contributed by atoms with E-state index in [0.29, 0.717) is 28.0 Å². The van der Waals surface area contributed by atoms with Gasteiger partial charge in [0.15, 0.2) is 0 Å². The van der Waals surface area contributed by atoms with E-state index < -0.39 is 5.82 Å². The smallest absolute Gasteiger partial charge is 0.141 e. The van der Waals surface area contributed by atoms with Gasteiger partial charge in [0.2, 0.25) is 0 Å². The molecule has 0 spiro atoms. The standard InChI is InChI=1S/C19H10ClF2N3/c20-14-9-12(3-6-15(14)22)18-19-17(23-10-24-18)8-7-16(25-19)11-1-4-13(21)5-2-11/h1-10H. The van der Waals surface area contributed by atoms with Crippen molar-refractivity contribution in [2.24, 2.45) is 0 Å². The SMILES string of the molecule is Fc1ccc(-c2ccc3ncnc(-c4ccc(F)c(Cl)c4)c3n2)cc1. The van der Waals surface area contributed by atoms with Crippen LogP contribution in [0.5, 0.6) is 0 Å². The van der Waals surface area contributed by atoms with Crippen LogP contribution in [0.25, 0.3) is 33.5 Å². The molecule has 4 aromatic rings. The average Bonchev–Trinajstić information content (AvgIpc) is 2.64. The van der Waals surface area contributed by atoms with Crippen molar-refractivity contribution >= 4 is 22.6 Å². The molecule has 0 radical (unpaired) electrons. The predicted octanol–water partition coefficient (Wildman–Crippen LogP) is 5.29. The van der Waals surface area contributed by atoms with E-state index in [-0.39, 0.29) is 10.8 Å². The number of nitrogens with zero attached hydrogens (tertiary/aromatic N) is 3. The van der Waals surface area contributed by atoms with Crippen molar-refractivity contribution in [1.82, 2.24) is 15.0 Å². The molecule has 0 amide bonds. The molecular weight excluding hydrogens is 344 g/mol. The van der Waals surface area contributed by atoms with E-state index in [2.05, 4.69) is 15.0 Å². The van der Waals surface area contributed by atoms with Gasteiger partial charge in [-0.1, -0.05) is 11.6 Å². The number of benzene rings is 2. The Morgan fingerprint density at radius 2 is 1.56 bits per heavy atom. The first-order valence-corrected chi connectivity index (χ1v) is 7.83. The molecule has 0 saturated carbocycles. The monoisotopic (exact) mass is 353 g/mol. The minimum Gasteiger partial charge on any atom is -0.244 e. The summed E-state index contributed by atoms with van der Waals surface area (Å²) < 4.78 is 26.6. The number of fused-ring (bicyclic) bond motifs is 1. The molecule has 0 aliphatic rings. The van der Waals surface area contributed by atoms with Gasteiger partial charge < -0.3 is 0 Å². The molecule has 2 aromatic carbocycles. The van der Waals surface area contributed by atoms with Gasteiger partial charge in [0.1, 0.15) is 23.5 Å². The minimum absolute atomic E-state index is 0.0129. The van der Waals surface area contributed by atoms with Gasteiger partial charge in [0, 0.05) is 11.1 Å². The first-order chi connectivity index (χ1) is 12.1. The molecule has 0 atom stereocenters. The van der Waals surface area contributed by atoms with Crippen LogP contribution >= 0.6 is 11.6 Å². The Hall–Kier alpha value is -2.92. The summed E-state index contributed by atoms with van der Waals surface area (Å²) >= 11 is 5.88. The van der Waals surface area contributed by atoms with Crippen LogP contribution in [-0.4, -0.2) is 15.0 Å². The summed E-state index contributed by atoms with van der Waals surface area (Å²) in [7, 11) is 0. The van der Waals surface area contributed by atoms with Gasteiger partial charge in [-0.2, -0.15) is 0 Å². The molecule has 0 aliphatic heterocycles. The van der Waals surface area contributed by atoms with Crippen molar-refractivity contribution in [1.29, 1.82) is 0 Å². The molecule has 0 saturated heterocycles. The lowest BCUT2D eigenvalue weighted by Crippen LogP contribution is -1.94. The zero-order chi connectivity index (χ0) is 17.4. The summed E-state index contributed by atoms with van der Waals surface area (Å²) in [5, 5.41) is 0.0129. The fraction of sp³-hybridized carbons (Fsp3) is 0. The van der Waals surface area contributed by atoms with Crippen LogP contribution in [0, 0.1) is 11.6 Å². The zero-order valence-corrected chi connectivity index (χ0v) is 13.5. The van der Waals surface area contributed by atoms with Crippen molar-refractivity contribution in [3.05, 3.63) is 77.6 Å². The molecule has 25 heavy (non-hydrogen) atoms. The third-order valence-electron chi connectivity index (χ3n) is 3.81. The molecular formula is C19H10ClF2N3. The van der Waals surface area contributed by atoms with Gasteiger partial charge in [-0.05, 0) is 54.6 Å². The Morgan fingerprint density at radius 1 is 0.800 bits per heavy atom. The molecule has 0 bridgehead atoms. The lowest BCUT2D eigenvalue weighted by Gasteiger charge is -2.08. The minimum atomic E-state index is -0.497. The first kappa shape index (κ1) is 15.6. The topological polar surface area (TPSA) is 38.7 Å². The maximum Gasteiger partial charge on any atom is 0.141 e. The summed E-state index contributed by atoms with van der Waals surface area (Å²) in [6, 6.07) is 14.1. The summed E-state index contributed by atoms with van der Waals surface area (Å²) in [6.07, 6.45) is 1.42. The van der Waals surface area contributed by atoms with E-state index in [1.165, 1.54) is 30.6 Å². The van der Waals surface area contributed by atoms with Gasteiger partial charge in [0.25, 0.3) is 0 Å². The van der Waals surface area contributed by atoms with Crippen LogP contribution < -0.4 is 0 Å². The Labute approximate surface area is 147 Å². The molecule has 4 rings (SSSR count). The van der Waals surface area contributed by atoms with Gasteiger partial charge in [-0.25, -0.2) is 23.7 Å². The highest BCUT2D eigenvalue weighted by Crippen LogP contribution is 2.29. The van der Waals surface area contributed by atoms with Crippen LogP contribution in [0.15, 0.2) is 60.9 Å². The van der Waals surface area contributed by atoms with E-state index >= 15 is 0 Å². The van der Waals surface area contributed by atoms with Crippen molar-refractivity contribution < 1.29 is 8.78 Å². The fourth-order valence-corrected chi connectivity index (χ4v) is 2.76. The van der Waals surface area contributed by atoms with E-state index in [1.54, 1.807) is 18.2 Å². The Kier molecular flexibility index (Phi) is 3.86. The second-order valence-corrected chi connectivity index (χ2v) is 5.83. The predicted molar refractivity (Wildman–Crippen MR) is 93.1 cm³/mol. The van der Waals surface area contributed by atoms with Crippen molar-refractivity contribution in [3.8, 4) is 22.5 Å². The molecule has 3 nitrogen and oxygen atoms in total. The Morgan fingerprint density at radius 3 is 2.32 bits per heavy atom. The van der Waals surface area contributed by atoms with Crippen molar-refractivity contribution in [3.63, 3.8) is 0 Å². The van der Waals surface area contributed by atoms with E-state index in [1.807, 2.05) is 12.1 Å². The maximum atomic E-state index is 13.4. The lowest BCUT2D eigenvalue weighted by molar-refractivity contribution is 0.628. The first-order valence-electron chi connectivity index (χ1n) is 7.45. The normalized spacial score (nSPS) is 11.0. The highest BCUT2D eigenvalue weighted by Gasteiger charge is 2.11. The second-order valence-electron chi connectivity index (χ2n) is 5.42. The Balaban J connectivity index is 1.91. The number of halogens is 3. The highest BCUT2D eigenvalue weighted by atomic mass is 35.5. The van der Waals surface area contributed by atoms with E-state index in [0.717, 1.165) is 5.56 Å². The summed E-state index contributed by atoms with van der Waals surface area (Å²) in [6.45, 7) is 0. The largest absolute Gasteiger partial charge is 0.244 e. The van der Waals surface area contributed by atoms with Crippen LogP contribution in [0.2, 0.25) is 5.02 Å². The van der Waals surface area contributed by atoms with Crippen LogP contribution in [0.3, 0.4) is 0 Å². The molecule has 2 aromatic heterocycles. The molecule has 2 heterocycles. The third-order valence-corrected chi connectivity index (χ3v) is 4.10. The summed E-state index contributed by atoms with van der Waals surface area (Å²) in [5.41, 5.74) is 3.84. The Bertz CT molecular complexity index is 1080. The second kappa shape index (κ2) is 6.18. The average molecular weight is 354 g/mol. The number of rotatable bonds is 2. The summed E-state index contributed by atoms with van der Waals surface area (Å²) in [4.78, 5) is 13.1. The van der Waals surface area contributed by atoms with Crippen LogP contribution in [-0.2, 0) is 0 Å². The highest BCUT2D eigenvalue weighted by molar-refractivity contribution is 6.31. The van der Waals surface area contributed by atoms with E-state index in [4.69, 9.17) is 11.6 Å². The number of hydrogen-bond donors (Lipinski definition) is 0. The molecule has 0 fully saturated rings. The molecule has 0 aliphatic carbocycles. The fourth-order valence-electron chi connectivity index (χ4n) is 2.58. The number of pyridine rings is 1. The van der Waals surface area contributed by atoms with Gasteiger partial charge >= 0.3 is 0 Å². The number of hydrogen-bond acceptors (Lipinski definition) is 3. The van der Waals surface area contributed by atoms with Gasteiger partial charge in [0.05, 0.1) is 21.9 Å². The summed E-state index contributed by atoms with van der Waals surface area (Å²) in [5.74, 6) is -0.807. The lowest BCUT2D eigenvalue weighted by atomic mass is 10.1. The van der Waals surface area contributed by atoms with Crippen LogP contribution in [0.1, 0.15) is 0 Å².